The molecule has 2 aromatic rings. The molecule has 0 saturated heterocycles. The normalized spacial score (nSPS) is 9.93. The van der Waals surface area contributed by atoms with Gasteiger partial charge in [0.25, 0.3) is 0 Å². The Morgan fingerprint density at radius 2 is 1.79 bits per heavy atom. The molecule has 0 saturated carbocycles. The van der Waals surface area contributed by atoms with Crippen LogP contribution in [0.2, 0.25) is 5.02 Å². The van der Waals surface area contributed by atoms with E-state index in [0.29, 0.717) is 0 Å². The fourth-order valence-electron chi connectivity index (χ4n) is 1.38. The van der Waals surface area contributed by atoms with E-state index >= 15 is 0 Å². The second-order valence-electron chi connectivity index (χ2n) is 3.15. The Morgan fingerprint density at radius 1 is 1.14 bits per heavy atom. The van der Waals surface area contributed by atoms with Gasteiger partial charge >= 0.3 is 0 Å². The number of hydrogen-bond donors (Lipinski definition) is 1. The van der Waals surface area contributed by atoms with Gasteiger partial charge in [-0.15, -0.1) is 0 Å². The number of pyridine rings is 1. The summed E-state index contributed by atoms with van der Waals surface area (Å²) in [5, 5.41) is 1.86. The van der Waals surface area contributed by atoms with Crippen molar-refractivity contribution < 1.29 is 0 Å². The lowest BCUT2D eigenvalue weighted by Gasteiger charge is -2.05. The van der Waals surface area contributed by atoms with Crippen LogP contribution < -0.4 is 6.15 Å². The fourth-order valence-corrected chi connectivity index (χ4v) is 1.68. The van der Waals surface area contributed by atoms with Crippen molar-refractivity contribution in [3.05, 3.63) is 40.5 Å². The highest BCUT2D eigenvalue weighted by molar-refractivity contribution is 6.36. The molecule has 1 aromatic carbocycles. The number of rotatable bonds is 0. The average molecular weight is 209 g/mol. The number of fused-ring (bicyclic) bond motifs is 1. The summed E-state index contributed by atoms with van der Waals surface area (Å²) >= 11 is 6.19. The van der Waals surface area contributed by atoms with Crippen LogP contribution in [-0.2, 0) is 0 Å². The molecule has 1 heterocycles. The molecule has 0 radical (unpaired) electrons. The van der Waals surface area contributed by atoms with Crippen molar-refractivity contribution in [3.8, 4) is 0 Å². The van der Waals surface area contributed by atoms with Gasteiger partial charge in [-0.1, -0.05) is 29.8 Å². The summed E-state index contributed by atoms with van der Waals surface area (Å²) in [5.74, 6) is 0. The lowest BCUT2D eigenvalue weighted by molar-refractivity contribution is 1.20. The molecule has 0 fully saturated rings. The van der Waals surface area contributed by atoms with E-state index in [1.165, 1.54) is 0 Å². The highest BCUT2D eigenvalue weighted by Gasteiger charge is 2.05. The van der Waals surface area contributed by atoms with Crippen LogP contribution in [0.3, 0.4) is 0 Å². The van der Waals surface area contributed by atoms with E-state index in [2.05, 4.69) is 4.98 Å². The number of benzene rings is 1. The van der Waals surface area contributed by atoms with Crippen molar-refractivity contribution in [2.24, 2.45) is 0 Å². The zero-order valence-electron chi connectivity index (χ0n) is 8.34. The van der Waals surface area contributed by atoms with Gasteiger partial charge < -0.3 is 6.15 Å². The molecule has 2 nitrogen and oxygen atoms in total. The topological polar surface area (TPSA) is 47.9 Å². The van der Waals surface area contributed by atoms with Crippen LogP contribution in [0.4, 0.5) is 0 Å². The van der Waals surface area contributed by atoms with Gasteiger partial charge in [0.15, 0.2) is 0 Å². The zero-order valence-corrected chi connectivity index (χ0v) is 9.10. The molecule has 0 aliphatic carbocycles. The smallest absolute Gasteiger partial charge is 0.0720 e. The van der Waals surface area contributed by atoms with Crippen molar-refractivity contribution in [3.63, 3.8) is 0 Å². The summed E-state index contributed by atoms with van der Waals surface area (Å²) < 4.78 is 0. The molecular weight excluding hydrogens is 196 g/mol. The SMILES string of the molecule is Cc1nc2ccccc2c(Cl)c1C.N. The van der Waals surface area contributed by atoms with Crippen LogP contribution in [0.15, 0.2) is 24.3 Å². The standard InChI is InChI=1S/C11H10ClN.H3N/c1-7-8(2)13-10-6-4-3-5-9(10)11(7)12;/h3-6H,1-2H3;1H3. The Kier molecular flexibility index (Phi) is 3.09. The van der Waals surface area contributed by atoms with Gasteiger partial charge in [0, 0.05) is 11.1 Å². The Bertz CT molecular complexity index is 466. The van der Waals surface area contributed by atoms with Gasteiger partial charge in [-0.2, -0.15) is 0 Å². The third-order valence-corrected chi connectivity index (χ3v) is 2.79. The number of aromatic nitrogens is 1. The first-order chi connectivity index (χ1) is 6.20. The van der Waals surface area contributed by atoms with Gasteiger partial charge in [-0.05, 0) is 25.5 Å². The molecule has 0 aliphatic heterocycles. The highest BCUT2D eigenvalue weighted by Crippen LogP contribution is 2.26. The maximum Gasteiger partial charge on any atom is 0.0720 e. The number of nitrogens with zero attached hydrogens (tertiary/aromatic N) is 1. The zero-order chi connectivity index (χ0) is 9.42. The number of halogens is 1. The molecule has 0 bridgehead atoms. The predicted octanol–water partition coefficient (Wildman–Crippen LogP) is 3.67. The van der Waals surface area contributed by atoms with Crippen molar-refractivity contribution in [2.75, 3.05) is 0 Å². The van der Waals surface area contributed by atoms with Crippen molar-refractivity contribution in [2.45, 2.75) is 13.8 Å². The van der Waals surface area contributed by atoms with E-state index in [9.17, 15) is 0 Å². The number of hydrogen-bond acceptors (Lipinski definition) is 2. The Hall–Kier alpha value is -1.12. The van der Waals surface area contributed by atoms with Gasteiger partial charge in [0.2, 0.25) is 0 Å². The summed E-state index contributed by atoms with van der Waals surface area (Å²) in [6.45, 7) is 3.98. The van der Waals surface area contributed by atoms with E-state index < -0.39 is 0 Å². The maximum atomic E-state index is 6.19. The predicted molar refractivity (Wildman–Crippen MR) is 61.2 cm³/mol. The molecule has 0 amide bonds. The van der Waals surface area contributed by atoms with Crippen LogP contribution in [0.1, 0.15) is 11.3 Å². The first-order valence-electron chi connectivity index (χ1n) is 4.21. The average Bonchev–Trinajstić information content (AvgIpc) is 2.15. The second kappa shape index (κ2) is 3.95. The lowest BCUT2D eigenvalue weighted by Crippen LogP contribution is -1.89. The minimum atomic E-state index is 0. The largest absolute Gasteiger partial charge is 0.344 e. The quantitative estimate of drug-likeness (QED) is 0.718. The first kappa shape index (κ1) is 11.0. The molecule has 1 aromatic heterocycles. The third kappa shape index (κ3) is 1.59. The summed E-state index contributed by atoms with van der Waals surface area (Å²) in [6, 6.07) is 7.93. The summed E-state index contributed by atoms with van der Waals surface area (Å²) in [7, 11) is 0. The summed E-state index contributed by atoms with van der Waals surface area (Å²) in [5.41, 5.74) is 3.04. The maximum absolute atomic E-state index is 6.19. The number of para-hydroxylation sites is 1. The van der Waals surface area contributed by atoms with E-state index in [4.69, 9.17) is 11.6 Å². The van der Waals surface area contributed by atoms with Gasteiger partial charge in [-0.3, -0.25) is 4.98 Å². The monoisotopic (exact) mass is 208 g/mol. The minimum Gasteiger partial charge on any atom is -0.344 e. The van der Waals surface area contributed by atoms with Crippen LogP contribution in [0.5, 0.6) is 0 Å². The van der Waals surface area contributed by atoms with Crippen molar-refractivity contribution >= 4 is 22.5 Å². The van der Waals surface area contributed by atoms with E-state index in [-0.39, 0.29) is 6.15 Å². The van der Waals surface area contributed by atoms with Gasteiger partial charge in [0.1, 0.15) is 0 Å². The molecule has 14 heavy (non-hydrogen) atoms. The van der Waals surface area contributed by atoms with Crippen LogP contribution in [-0.4, -0.2) is 4.98 Å². The lowest BCUT2D eigenvalue weighted by atomic mass is 10.1. The molecule has 0 atom stereocenters. The van der Waals surface area contributed by atoms with E-state index in [1.807, 2.05) is 38.1 Å². The van der Waals surface area contributed by atoms with Crippen LogP contribution in [0, 0.1) is 13.8 Å². The van der Waals surface area contributed by atoms with Crippen molar-refractivity contribution in [1.29, 1.82) is 0 Å². The van der Waals surface area contributed by atoms with Crippen molar-refractivity contribution in [1.82, 2.24) is 11.1 Å². The summed E-state index contributed by atoms with van der Waals surface area (Å²) in [6.07, 6.45) is 0. The Balaban J connectivity index is 0.000000980. The molecule has 0 aliphatic rings. The Morgan fingerprint density at radius 3 is 2.50 bits per heavy atom. The molecule has 0 unspecified atom stereocenters. The van der Waals surface area contributed by atoms with E-state index in [1.54, 1.807) is 0 Å². The molecule has 3 N–H and O–H groups in total. The van der Waals surface area contributed by atoms with Gasteiger partial charge in [0.05, 0.1) is 10.5 Å². The van der Waals surface area contributed by atoms with E-state index in [0.717, 1.165) is 27.2 Å². The molecular formula is C11H13ClN2. The van der Waals surface area contributed by atoms with Crippen LogP contribution >= 0.6 is 11.6 Å². The molecule has 74 valence electrons. The second-order valence-corrected chi connectivity index (χ2v) is 3.53. The molecule has 3 heteroatoms. The third-order valence-electron chi connectivity index (χ3n) is 2.30. The highest BCUT2D eigenvalue weighted by atomic mass is 35.5. The minimum absolute atomic E-state index is 0. The molecule has 2 rings (SSSR count). The van der Waals surface area contributed by atoms with Crippen LogP contribution in [0.25, 0.3) is 10.9 Å². The Labute approximate surface area is 88.5 Å². The first-order valence-corrected chi connectivity index (χ1v) is 4.59. The number of aryl methyl sites for hydroxylation is 1. The summed E-state index contributed by atoms with van der Waals surface area (Å²) in [4.78, 5) is 4.45. The fraction of sp³-hybridized carbons (Fsp3) is 0.182. The molecule has 0 spiro atoms. The van der Waals surface area contributed by atoms with Gasteiger partial charge in [-0.25, -0.2) is 0 Å².